The molecule has 1 amide bonds. The van der Waals surface area contributed by atoms with E-state index in [1.165, 1.54) is 0 Å². The van der Waals surface area contributed by atoms with Crippen molar-refractivity contribution in [1.29, 1.82) is 0 Å². The van der Waals surface area contributed by atoms with Gasteiger partial charge in [-0.15, -0.1) is 0 Å². The molecule has 1 aliphatic rings. The summed E-state index contributed by atoms with van der Waals surface area (Å²) >= 11 is 0. The van der Waals surface area contributed by atoms with Gasteiger partial charge in [0.1, 0.15) is 0 Å². The van der Waals surface area contributed by atoms with Crippen molar-refractivity contribution >= 4 is 5.91 Å². The summed E-state index contributed by atoms with van der Waals surface area (Å²) < 4.78 is 2.02. The Balaban J connectivity index is 1.86. The van der Waals surface area contributed by atoms with Gasteiger partial charge in [0, 0.05) is 18.9 Å². The summed E-state index contributed by atoms with van der Waals surface area (Å²) in [5, 5.41) is 6.21. The van der Waals surface area contributed by atoms with E-state index in [-0.39, 0.29) is 11.9 Å². The van der Waals surface area contributed by atoms with Crippen molar-refractivity contribution in [2.75, 3.05) is 6.54 Å². The van der Waals surface area contributed by atoms with E-state index in [1.807, 2.05) is 29.9 Å². The van der Waals surface area contributed by atoms with E-state index < -0.39 is 0 Å². The second-order valence-electron chi connectivity index (χ2n) is 4.53. The molecule has 88 valence electrons. The number of carbonyl (C=O) groups excluding carboxylic acids is 1. The van der Waals surface area contributed by atoms with Crippen LogP contribution in [0.3, 0.4) is 0 Å². The molecule has 16 heavy (non-hydrogen) atoms. The van der Waals surface area contributed by atoms with Gasteiger partial charge in [0.05, 0.1) is 12.6 Å². The average molecular weight is 221 g/mol. The predicted octanol–water partition coefficient (Wildman–Crippen LogP) is 0.639. The van der Waals surface area contributed by atoms with Gasteiger partial charge in [0.2, 0.25) is 5.91 Å². The van der Waals surface area contributed by atoms with Crippen molar-refractivity contribution in [2.24, 2.45) is 13.0 Å². The second-order valence-corrected chi connectivity index (χ2v) is 4.53. The minimum absolute atomic E-state index is 0.0136. The maximum absolute atomic E-state index is 11.9. The van der Waals surface area contributed by atoms with Gasteiger partial charge in [-0.3, -0.25) is 4.79 Å². The third-order valence-electron chi connectivity index (χ3n) is 3.31. The van der Waals surface area contributed by atoms with Gasteiger partial charge in [-0.1, -0.05) is 6.92 Å². The van der Waals surface area contributed by atoms with E-state index in [4.69, 9.17) is 0 Å². The van der Waals surface area contributed by atoms with Gasteiger partial charge in [-0.25, -0.2) is 0 Å². The van der Waals surface area contributed by atoms with Crippen molar-refractivity contribution < 1.29 is 4.79 Å². The summed E-state index contributed by atoms with van der Waals surface area (Å²) in [7, 11) is 1.98. The molecule has 0 bridgehead atoms. The van der Waals surface area contributed by atoms with E-state index in [1.54, 1.807) is 0 Å². The first kappa shape index (κ1) is 11.2. The Morgan fingerprint density at radius 1 is 1.69 bits per heavy atom. The van der Waals surface area contributed by atoms with Crippen LogP contribution >= 0.6 is 0 Å². The Morgan fingerprint density at radius 2 is 2.50 bits per heavy atom. The van der Waals surface area contributed by atoms with Gasteiger partial charge >= 0.3 is 0 Å². The summed E-state index contributed by atoms with van der Waals surface area (Å²) in [6.45, 7) is 3.67. The molecule has 0 saturated carbocycles. The Morgan fingerprint density at radius 3 is 3.06 bits per heavy atom. The van der Waals surface area contributed by atoms with Crippen LogP contribution in [0.25, 0.3) is 0 Å². The number of aromatic nitrogens is 1. The maximum Gasteiger partial charge on any atom is 0.237 e. The topological polar surface area (TPSA) is 46.1 Å². The number of hydrogen-bond acceptors (Lipinski definition) is 2. The van der Waals surface area contributed by atoms with E-state index in [2.05, 4.69) is 17.6 Å². The molecule has 1 aliphatic heterocycles. The van der Waals surface area contributed by atoms with Crippen molar-refractivity contribution in [3.63, 3.8) is 0 Å². The minimum atomic E-state index is -0.0136. The average Bonchev–Trinajstić information content (AvgIpc) is 2.84. The zero-order valence-electron chi connectivity index (χ0n) is 9.86. The zero-order valence-corrected chi connectivity index (χ0v) is 9.86. The summed E-state index contributed by atoms with van der Waals surface area (Å²) in [6.07, 6.45) is 3.07. The molecule has 0 spiro atoms. The van der Waals surface area contributed by atoms with Gasteiger partial charge in [-0.05, 0) is 31.0 Å². The molecule has 4 heteroatoms. The number of amides is 1. The van der Waals surface area contributed by atoms with E-state index in [9.17, 15) is 4.79 Å². The van der Waals surface area contributed by atoms with Crippen LogP contribution in [0.2, 0.25) is 0 Å². The predicted molar refractivity (Wildman–Crippen MR) is 62.8 cm³/mol. The molecule has 2 unspecified atom stereocenters. The highest BCUT2D eigenvalue weighted by molar-refractivity contribution is 5.82. The van der Waals surface area contributed by atoms with Gasteiger partial charge in [0.15, 0.2) is 0 Å². The molecule has 0 aliphatic carbocycles. The van der Waals surface area contributed by atoms with Gasteiger partial charge in [0.25, 0.3) is 0 Å². The second kappa shape index (κ2) is 4.70. The first-order valence-corrected chi connectivity index (χ1v) is 5.80. The lowest BCUT2D eigenvalue weighted by Crippen LogP contribution is -2.43. The first-order valence-electron chi connectivity index (χ1n) is 5.80. The van der Waals surface area contributed by atoms with E-state index in [0.717, 1.165) is 18.7 Å². The summed E-state index contributed by atoms with van der Waals surface area (Å²) in [6, 6.07) is 3.99. The Hall–Kier alpha value is -1.29. The van der Waals surface area contributed by atoms with Crippen molar-refractivity contribution in [1.82, 2.24) is 15.2 Å². The van der Waals surface area contributed by atoms with Crippen LogP contribution in [0.4, 0.5) is 0 Å². The standard InChI is InChI=1S/C12H19N3O/c1-9-5-6-13-11(9)12(16)14-8-10-4-3-7-15(10)2/h3-4,7,9,11,13H,5-6,8H2,1-2H3,(H,14,16). The molecule has 1 saturated heterocycles. The third-order valence-corrected chi connectivity index (χ3v) is 3.31. The minimum Gasteiger partial charge on any atom is -0.353 e. The molecule has 4 nitrogen and oxygen atoms in total. The van der Waals surface area contributed by atoms with Crippen LogP contribution in [-0.2, 0) is 18.4 Å². The Kier molecular flexibility index (Phi) is 3.29. The molecule has 2 rings (SSSR count). The fourth-order valence-corrected chi connectivity index (χ4v) is 2.15. The number of aryl methyl sites for hydroxylation is 1. The number of nitrogens with one attached hydrogen (secondary N) is 2. The SMILES string of the molecule is CC1CCNC1C(=O)NCc1cccn1C. The number of rotatable bonds is 3. The highest BCUT2D eigenvalue weighted by Crippen LogP contribution is 2.14. The molecule has 2 heterocycles. The molecular weight excluding hydrogens is 202 g/mol. The lowest BCUT2D eigenvalue weighted by Gasteiger charge is -2.15. The monoisotopic (exact) mass is 221 g/mol. The fourth-order valence-electron chi connectivity index (χ4n) is 2.15. The quantitative estimate of drug-likeness (QED) is 0.787. The summed E-state index contributed by atoms with van der Waals surface area (Å²) in [5.41, 5.74) is 1.12. The van der Waals surface area contributed by atoms with E-state index >= 15 is 0 Å². The van der Waals surface area contributed by atoms with Crippen LogP contribution in [-0.4, -0.2) is 23.1 Å². The van der Waals surface area contributed by atoms with E-state index in [0.29, 0.717) is 12.5 Å². The van der Waals surface area contributed by atoms with Crippen LogP contribution in [0.15, 0.2) is 18.3 Å². The van der Waals surface area contributed by atoms with Crippen molar-refractivity contribution in [2.45, 2.75) is 25.9 Å². The zero-order chi connectivity index (χ0) is 11.5. The maximum atomic E-state index is 11.9. The number of hydrogen-bond donors (Lipinski definition) is 2. The summed E-state index contributed by atoms with van der Waals surface area (Å²) in [4.78, 5) is 11.9. The highest BCUT2D eigenvalue weighted by Gasteiger charge is 2.28. The van der Waals surface area contributed by atoms with Crippen molar-refractivity contribution in [3.8, 4) is 0 Å². The third kappa shape index (κ3) is 2.27. The molecule has 1 fully saturated rings. The molecule has 2 atom stereocenters. The van der Waals surface area contributed by atoms with Crippen molar-refractivity contribution in [3.05, 3.63) is 24.0 Å². The van der Waals surface area contributed by atoms with Crippen LogP contribution in [0.1, 0.15) is 19.0 Å². The van der Waals surface area contributed by atoms with Crippen LogP contribution in [0.5, 0.6) is 0 Å². The molecule has 1 aromatic heterocycles. The molecule has 0 radical (unpaired) electrons. The fraction of sp³-hybridized carbons (Fsp3) is 0.583. The lowest BCUT2D eigenvalue weighted by molar-refractivity contribution is -0.123. The van der Waals surface area contributed by atoms with Crippen LogP contribution in [0, 0.1) is 5.92 Å². The Bertz CT molecular complexity index is 372. The molecule has 1 aromatic rings. The first-order chi connectivity index (χ1) is 7.68. The molecule has 0 aromatic carbocycles. The highest BCUT2D eigenvalue weighted by atomic mass is 16.2. The van der Waals surface area contributed by atoms with Gasteiger partial charge < -0.3 is 15.2 Å². The Labute approximate surface area is 96.0 Å². The summed E-state index contributed by atoms with van der Waals surface area (Å²) in [5.74, 6) is 0.555. The largest absolute Gasteiger partial charge is 0.353 e. The normalized spacial score (nSPS) is 24.6. The number of carbonyl (C=O) groups is 1. The van der Waals surface area contributed by atoms with Crippen LogP contribution < -0.4 is 10.6 Å². The molecule has 2 N–H and O–H groups in total. The number of nitrogens with zero attached hydrogens (tertiary/aromatic N) is 1. The molecular formula is C12H19N3O. The lowest BCUT2D eigenvalue weighted by atomic mass is 10.0. The smallest absolute Gasteiger partial charge is 0.237 e. The van der Waals surface area contributed by atoms with Gasteiger partial charge in [-0.2, -0.15) is 0 Å².